The summed E-state index contributed by atoms with van der Waals surface area (Å²) in [4.78, 5) is 11.6. The Morgan fingerprint density at radius 2 is 1.92 bits per heavy atom. The van der Waals surface area contributed by atoms with Gasteiger partial charge in [-0.3, -0.25) is 4.79 Å². The molecule has 13 heavy (non-hydrogen) atoms. The topological polar surface area (TPSA) is 17.1 Å². The van der Waals surface area contributed by atoms with Crippen LogP contribution >= 0.6 is 0 Å². The molecule has 0 heterocycles. The minimum Gasteiger partial charge on any atom is -0.294 e. The highest BCUT2D eigenvalue weighted by molar-refractivity contribution is 5.96. The van der Waals surface area contributed by atoms with E-state index in [9.17, 15) is 4.79 Å². The van der Waals surface area contributed by atoms with Crippen LogP contribution in [0, 0.1) is 5.92 Å². The molecule has 0 bridgehead atoms. The Labute approximate surface area is 79.8 Å². The lowest BCUT2D eigenvalue weighted by atomic mass is 9.98. The molecule has 1 atom stereocenters. The third kappa shape index (κ3) is 3.02. The molecule has 70 valence electrons. The Hall–Kier alpha value is -1.11. The first-order valence-electron chi connectivity index (χ1n) is 4.82. The van der Waals surface area contributed by atoms with Crippen molar-refractivity contribution < 1.29 is 4.79 Å². The smallest absolute Gasteiger partial charge is 0.163 e. The van der Waals surface area contributed by atoms with Gasteiger partial charge in [-0.15, -0.1) is 0 Å². The molecule has 0 fully saturated rings. The van der Waals surface area contributed by atoms with Gasteiger partial charge in [-0.25, -0.2) is 0 Å². The zero-order chi connectivity index (χ0) is 9.68. The largest absolute Gasteiger partial charge is 0.294 e. The summed E-state index contributed by atoms with van der Waals surface area (Å²) in [6.07, 6.45) is 1.74. The predicted octanol–water partition coefficient (Wildman–Crippen LogP) is 3.31. The summed E-state index contributed by atoms with van der Waals surface area (Å²) in [5.74, 6) is 0.752. The van der Waals surface area contributed by atoms with Crippen LogP contribution in [0.25, 0.3) is 0 Å². The van der Waals surface area contributed by atoms with Gasteiger partial charge in [-0.05, 0) is 5.92 Å². The summed E-state index contributed by atoms with van der Waals surface area (Å²) < 4.78 is 0. The van der Waals surface area contributed by atoms with E-state index in [0.717, 1.165) is 12.0 Å². The number of hydrogen-bond acceptors (Lipinski definition) is 1. The fourth-order valence-corrected chi connectivity index (χ4v) is 1.20. The van der Waals surface area contributed by atoms with Crippen molar-refractivity contribution in [2.75, 3.05) is 0 Å². The highest BCUT2D eigenvalue weighted by Gasteiger charge is 2.08. The van der Waals surface area contributed by atoms with Gasteiger partial charge in [0.2, 0.25) is 0 Å². The SMILES string of the molecule is CCC(C)CC(=O)c1ccccc1. The molecule has 0 aliphatic rings. The van der Waals surface area contributed by atoms with Crippen LogP contribution in [0.4, 0.5) is 0 Å². The van der Waals surface area contributed by atoms with Gasteiger partial charge in [-0.1, -0.05) is 50.6 Å². The van der Waals surface area contributed by atoms with E-state index < -0.39 is 0 Å². The minimum absolute atomic E-state index is 0.259. The van der Waals surface area contributed by atoms with Crippen molar-refractivity contribution in [2.45, 2.75) is 26.7 Å². The Balaban J connectivity index is 2.59. The van der Waals surface area contributed by atoms with Crippen molar-refractivity contribution in [3.63, 3.8) is 0 Å². The van der Waals surface area contributed by atoms with Crippen LogP contribution in [-0.2, 0) is 0 Å². The molecular weight excluding hydrogens is 160 g/mol. The van der Waals surface area contributed by atoms with Crippen molar-refractivity contribution in [3.05, 3.63) is 35.9 Å². The zero-order valence-electron chi connectivity index (χ0n) is 8.29. The van der Waals surface area contributed by atoms with E-state index in [1.165, 1.54) is 0 Å². The van der Waals surface area contributed by atoms with E-state index in [1.54, 1.807) is 0 Å². The van der Waals surface area contributed by atoms with Crippen LogP contribution < -0.4 is 0 Å². The lowest BCUT2D eigenvalue weighted by molar-refractivity contribution is 0.0963. The molecule has 1 heteroatoms. The second kappa shape index (κ2) is 4.80. The van der Waals surface area contributed by atoms with E-state index in [4.69, 9.17) is 0 Å². The fourth-order valence-electron chi connectivity index (χ4n) is 1.20. The molecule has 0 radical (unpaired) electrons. The van der Waals surface area contributed by atoms with Crippen LogP contribution in [0.15, 0.2) is 30.3 Å². The van der Waals surface area contributed by atoms with Crippen LogP contribution in [0.3, 0.4) is 0 Å². The van der Waals surface area contributed by atoms with E-state index in [1.807, 2.05) is 30.3 Å². The van der Waals surface area contributed by atoms with Crippen molar-refractivity contribution in [2.24, 2.45) is 5.92 Å². The van der Waals surface area contributed by atoms with Crippen LogP contribution in [0.2, 0.25) is 0 Å². The molecule has 0 aliphatic heterocycles. The van der Waals surface area contributed by atoms with Gasteiger partial charge >= 0.3 is 0 Å². The molecular formula is C12H16O. The number of rotatable bonds is 4. The molecule has 1 aromatic rings. The first-order chi connectivity index (χ1) is 6.24. The maximum Gasteiger partial charge on any atom is 0.163 e. The standard InChI is InChI=1S/C12H16O/c1-3-10(2)9-12(13)11-7-5-4-6-8-11/h4-8,10H,3,9H2,1-2H3. The van der Waals surface area contributed by atoms with Gasteiger partial charge in [0, 0.05) is 12.0 Å². The Morgan fingerprint density at radius 3 is 2.46 bits per heavy atom. The number of ketones is 1. The second-order valence-corrected chi connectivity index (χ2v) is 3.51. The molecule has 1 nitrogen and oxygen atoms in total. The summed E-state index contributed by atoms with van der Waals surface area (Å²) in [6.45, 7) is 4.23. The van der Waals surface area contributed by atoms with Crippen LogP contribution in [-0.4, -0.2) is 5.78 Å². The third-order valence-corrected chi connectivity index (χ3v) is 2.33. The molecule has 0 spiro atoms. The monoisotopic (exact) mass is 176 g/mol. The van der Waals surface area contributed by atoms with Gasteiger partial charge < -0.3 is 0 Å². The van der Waals surface area contributed by atoms with Gasteiger partial charge in [-0.2, -0.15) is 0 Å². The number of hydrogen-bond donors (Lipinski definition) is 0. The molecule has 0 aromatic heterocycles. The maximum absolute atomic E-state index is 11.6. The van der Waals surface area contributed by atoms with Gasteiger partial charge in [0.15, 0.2) is 5.78 Å². The first kappa shape index (κ1) is 9.97. The highest BCUT2D eigenvalue weighted by Crippen LogP contribution is 2.11. The summed E-state index contributed by atoms with van der Waals surface area (Å²) in [6, 6.07) is 9.50. The zero-order valence-corrected chi connectivity index (χ0v) is 8.29. The van der Waals surface area contributed by atoms with Gasteiger partial charge in [0.25, 0.3) is 0 Å². The van der Waals surface area contributed by atoms with Crippen molar-refractivity contribution in [3.8, 4) is 0 Å². The number of benzene rings is 1. The number of carbonyl (C=O) groups is 1. The van der Waals surface area contributed by atoms with E-state index in [-0.39, 0.29) is 5.78 Å². The average molecular weight is 176 g/mol. The normalized spacial score (nSPS) is 12.5. The van der Waals surface area contributed by atoms with Crippen LogP contribution in [0.1, 0.15) is 37.0 Å². The van der Waals surface area contributed by atoms with E-state index in [2.05, 4.69) is 13.8 Å². The first-order valence-corrected chi connectivity index (χ1v) is 4.82. The quantitative estimate of drug-likeness (QED) is 0.643. The van der Waals surface area contributed by atoms with Crippen molar-refractivity contribution in [1.29, 1.82) is 0 Å². The summed E-state index contributed by atoms with van der Waals surface area (Å²) in [5.41, 5.74) is 0.836. The van der Waals surface area contributed by atoms with E-state index >= 15 is 0 Å². The summed E-state index contributed by atoms with van der Waals surface area (Å²) in [5, 5.41) is 0. The van der Waals surface area contributed by atoms with Crippen molar-refractivity contribution >= 4 is 5.78 Å². The van der Waals surface area contributed by atoms with Gasteiger partial charge in [0.1, 0.15) is 0 Å². The molecule has 0 saturated heterocycles. The maximum atomic E-state index is 11.6. The molecule has 0 N–H and O–H groups in total. The molecule has 0 saturated carbocycles. The third-order valence-electron chi connectivity index (χ3n) is 2.33. The van der Waals surface area contributed by atoms with E-state index in [0.29, 0.717) is 12.3 Å². The Morgan fingerprint density at radius 1 is 1.31 bits per heavy atom. The molecule has 0 aliphatic carbocycles. The molecule has 1 unspecified atom stereocenters. The average Bonchev–Trinajstić information content (AvgIpc) is 2.19. The number of carbonyl (C=O) groups excluding carboxylic acids is 1. The fraction of sp³-hybridized carbons (Fsp3) is 0.417. The van der Waals surface area contributed by atoms with Gasteiger partial charge in [0.05, 0.1) is 0 Å². The Bertz CT molecular complexity index is 264. The number of Topliss-reactive ketones (excluding diaryl/α,β-unsaturated/α-hetero) is 1. The molecule has 1 aromatic carbocycles. The molecule has 1 rings (SSSR count). The lowest BCUT2D eigenvalue weighted by Crippen LogP contribution is -2.04. The van der Waals surface area contributed by atoms with Crippen molar-refractivity contribution in [1.82, 2.24) is 0 Å². The lowest BCUT2D eigenvalue weighted by Gasteiger charge is -2.06. The molecule has 0 amide bonds. The van der Waals surface area contributed by atoms with Crippen LogP contribution in [0.5, 0.6) is 0 Å². The second-order valence-electron chi connectivity index (χ2n) is 3.51. The highest BCUT2D eigenvalue weighted by atomic mass is 16.1. The minimum atomic E-state index is 0.259. The predicted molar refractivity (Wildman–Crippen MR) is 54.8 cm³/mol. The Kier molecular flexibility index (Phi) is 3.69. The summed E-state index contributed by atoms with van der Waals surface area (Å²) >= 11 is 0. The summed E-state index contributed by atoms with van der Waals surface area (Å²) in [7, 11) is 0.